The molecule has 8 N–H and O–H groups in total. The van der Waals surface area contributed by atoms with Crippen LogP contribution in [0.3, 0.4) is 0 Å². The number of unbranched alkanes of at least 4 members (excludes halogenated alkanes) is 1. The Balaban J connectivity index is 0.844. The van der Waals surface area contributed by atoms with E-state index in [9.17, 15) is 29.1 Å². The molecule has 19 nitrogen and oxygen atoms in total. The molecule has 0 aliphatic heterocycles. The first-order chi connectivity index (χ1) is 31.2. The van der Waals surface area contributed by atoms with Crippen LogP contribution in [0.1, 0.15) is 74.2 Å². The number of nitrogens with one attached hydrogen (secondary N) is 5. The molecule has 344 valence electrons. The van der Waals surface area contributed by atoms with Crippen molar-refractivity contribution in [1.82, 2.24) is 50.4 Å². The Labute approximate surface area is 382 Å². The highest BCUT2D eigenvalue weighted by molar-refractivity contribution is 8.76. The Bertz CT molecular complexity index is 2710. The normalized spacial score (nSPS) is 12.0. The number of H-pyrrole nitrogens is 1. The van der Waals surface area contributed by atoms with Crippen LogP contribution < -0.4 is 32.6 Å². The number of ether oxygens (including phenoxy) is 1. The highest BCUT2D eigenvalue weighted by Gasteiger charge is 2.26. The first-order valence-corrected chi connectivity index (χ1v) is 23.8. The van der Waals surface area contributed by atoms with Crippen molar-refractivity contribution in [2.45, 2.75) is 78.9 Å². The minimum atomic E-state index is -1.27. The first kappa shape index (κ1) is 48.0. The maximum atomic E-state index is 12.9. The van der Waals surface area contributed by atoms with Gasteiger partial charge in [-0.05, 0) is 50.1 Å². The summed E-state index contributed by atoms with van der Waals surface area (Å²) >= 11 is 0. The minimum absolute atomic E-state index is 0.0970. The molecule has 4 heterocycles. The fraction of sp³-hybridized carbons (Fsp3) is 0.409. The molecule has 4 aromatic heterocycles. The molecule has 1 unspecified atom stereocenters. The van der Waals surface area contributed by atoms with Crippen LogP contribution in [0, 0.1) is 12.3 Å². The third-order valence-corrected chi connectivity index (χ3v) is 12.6. The number of aliphatic carboxylic acids is 1. The van der Waals surface area contributed by atoms with Crippen molar-refractivity contribution in [3.05, 3.63) is 88.0 Å². The van der Waals surface area contributed by atoms with E-state index in [2.05, 4.69) is 71.5 Å². The van der Waals surface area contributed by atoms with Crippen LogP contribution in [0.4, 0.5) is 16.3 Å². The number of aromatic nitrogens is 7. The van der Waals surface area contributed by atoms with Gasteiger partial charge < -0.3 is 46.4 Å². The van der Waals surface area contributed by atoms with Crippen LogP contribution in [-0.4, -0.2) is 101 Å². The van der Waals surface area contributed by atoms with Gasteiger partial charge in [0.25, 0.3) is 11.5 Å². The van der Waals surface area contributed by atoms with Crippen LogP contribution in [-0.2, 0) is 33.8 Å². The summed E-state index contributed by atoms with van der Waals surface area (Å²) in [7, 11) is 3.01. The number of carboxylic acid groups (broad SMARTS) is 1. The average molecular weight is 927 g/mol. The third-order valence-electron chi connectivity index (χ3n) is 10.2. The number of nitrogen functional groups attached to an aromatic ring is 1. The van der Waals surface area contributed by atoms with Crippen molar-refractivity contribution in [3.8, 4) is 0 Å². The Hall–Kier alpha value is -6.48. The number of carboxylic acids is 1. The van der Waals surface area contributed by atoms with Gasteiger partial charge in [0, 0.05) is 66.0 Å². The Morgan fingerprint density at radius 3 is 2.52 bits per heavy atom. The number of carbonyl (C=O) groups excluding carboxylic acids is 3. The van der Waals surface area contributed by atoms with E-state index in [0.717, 1.165) is 41.5 Å². The number of benzene rings is 2. The molecule has 1 atom stereocenters. The van der Waals surface area contributed by atoms with Crippen molar-refractivity contribution < 1.29 is 29.0 Å². The molecular weight excluding hydrogens is 873 g/mol. The number of nitrogens with zero attached hydrogens (tertiary/aromatic N) is 6. The lowest BCUT2D eigenvalue weighted by atomic mass is 9.93. The van der Waals surface area contributed by atoms with Gasteiger partial charge in [-0.2, -0.15) is 0 Å². The number of hydrogen-bond acceptors (Lipinski definition) is 15. The van der Waals surface area contributed by atoms with E-state index in [1.165, 1.54) is 39.9 Å². The molecule has 65 heavy (non-hydrogen) atoms. The molecule has 0 saturated carbocycles. The summed E-state index contributed by atoms with van der Waals surface area (Å²) in [5, 5.41) is 22.0. The zero-order chi connectivity index (χ0) is 46.5. The molecule has 6 aromatic rings. The molecule has 0 aliphatic carbocycles. The van der Waals surface area contributed by atoms with Crippen molar-refractivity contribution in [1.29, 1.82) is 0 Å². The molecule has 0 fully saturated rings. The molecule has 21 heteroatoms. The number of pyridine rings is 1. The molecule has 0 saturated heterocycles. The zero-order valence-electron chi connectivity index (χ0n) is 36.7. The number of amides is 3. The average Bonchev–Trinajstić information content (AvgIpc) is 3.64. The molecule has 6 rings (SSSR count). The van der Waals surface area contributed by atoms with Crippen LogP contribution in [0.5, 0.6) is 0 Å². The summed E-state index contributed by atoms with van der Waals surface area (Å²) in [5.41, 5.74) is 9.88. The number of aromatic amines is 1. The molecule has 0 spiro atoms. The second kappa shape index (κ2) is 22.4. The molecular formula is C44H54N12O7S2. The van der Waals surface area contributed by atoms with E-state index in [1.54, 1.807) is 19.1 Å². The molecule has 0 aliphatic rings. The second-order valence-corrected chi connectivity index (χ2v) is 18.8. The molecule has 0 radical (unpaired) electrons. The number of para-hydroxylation sites is 1. The predicted octanol–water partition coefficient (Wildman–Crippen LogP) is 5.37. The number of hydrogen-bond donors (Lipinski definition) is 7. The number of aryl methyl sites for hydroxylation is 2. The maximum absolute atomic E-state index is 12.9. The summed E-state index contributed by atoms with van der Waals surface area (Å²) < 4.78 is 7.64. The zero-order valence-corrected chi connectivity index (χ0v) is 38.4. The van der Waals surface area contributed by atoms with E-state index in [4.69, 9.17) is 15.5 Å². The van der Waals surface area contributed by atoms with Gasteiger partial charge in [0.2, 0.25) is 5.91 Å². The summed E-state index contributed by atoms with van der Waals surface area (Å²) in [6.45, 7) is 9.75. The van der Waals surface area contributed by atoms with Gasteiger partial charge in [-0.3, -0.25) is 14.4 Å². The Morgan fingerprint density at radius 2 is 1.75 bits per heavy atom. The largest absolute Gasteiger partial charge is 0.480 e. The number of carbonyl (C=O) groups is 4. The van der Waals surface area contributed by atoms with E-state index >= 15 is 0 Å². The van der Waals surface area contributed by atoms with Crippen molar-refractivity contribution in [2.24, 2.45) is 5.41 Å². The SMILES string of the molecule is CCCCc1nc2c(N)nc3ccccc3c2n1CC(C)(C)CNC(=O)OCCSSCCNC(=O)CCC(NC(=O)c1ccc(NCc2cnc3nc(C)[nH]c(=O)c3n2)cc1)C(=O)O. The van der Waals surface area contributed by atoms with Crippen molar-refractivity contribution in [3.63, 3.8) is 0 Å². The number of nitrogens with two attached hydrogens (primary N) is 1. The van der Waals surface area contributed by atoms with E-state index in [-0.39, 0.29) is 59.6 Å². The number of rotatable bonds is 23. The molecule has 3 amide bonds. The van der Waals surface area contributed by atoms with Crippen LogP contribution >= 0.6 is 21.6 Å². The van der Waals surface area contributed by atoms with Gasteiger partial charge in [-0.1, -0.05) is 67.0 Å². The predicted molar refractivity (Wildman–Crippen MR) is 254 cm³/mol. The summed E-state index contributed by atoms with van der Waals surface area (Å²) in [5.74, 6) is 0.716. The van der Waals surface area contributed by atoms with Crippen molar-refractivity contribution >= 4 is 90.1 Å². The lowest BCUT2D eigenvalue weighted by molar-refractivity contribution is -0.139. The first-order valence-electron chi connectivity index (χ1n) is 21.3. The molecule has 2 aromatic carbocycles. The number of anilines is 2. The lowest BCUT2D eigenvalue weighted by Crippen LogP contribution is -2.41. The monoisotopic (exact) mass is 926 g/mol. The van der Waals surface area contributed by atoms with Crippen LogP contribution in [0.25, 0.3) is 33.1 Å². The lowest BCUT2D eigenvalue weighted by Gasteiger charge is -2.27. The standard InChI is InChI=1S/C44H54N12O7S2/c1-5-6-11-33-55-35-37(30-9-7-8-10-31(30)53-38(35)45)56(33)25-44(3,4)24-49-43(62)63-19-21-65-64-20-18-46-34(57)17-16-32(42(60)61)54-40(58)27-12-14-28(15-13-27)47-22-29-23-48-39-36(52-29)41(59)51-26(2)50-39/h7-10,12-15,23,32,47H,5-6,11,16-22,24-25H2,1-4H3,(H2,45,53)(H,46,57)(H,49,62)(H,54,58)(H,60,61)(H,48,50,51,59). The Morgan fingerprint density at radius 1 is 0.985 bits per heavy atom. The summed E-state index contributed by atoms with van der Waals surface area (Å²) in [4.78, 5) is 86.9. The van der Waals surface area contributed by atoms with Gasteiger partial charge in [0.05, 0.1) is 29.5 Å². The van der Waals surface area contributed by atoms with E-state index in [1.807, 2.05) is 24.3 Å². The highest BCUT2D eigenvalue weighted by Crippen LogP contribution is 2.32. The van der Waals surface area contributed by atoms with Crippen LogP contribution in [0.15, 0.2) is 59.5 Å². The Kier molecular flexibility index (Phi) is 16.6. The summed E-state index contributed by atoms with van der Waals surface area (Å²) in [6.07, 6.45) is 3.64. The summed E-state index contributed by atoms with van der Waals surface area (Å²) in [6, 6.07) is 13.0. The van der Waals surface area contributed by atoms with Gasteiger partial charge >= 0.3 is 12.1 Å². The van der Waals surface area contributed by atoms with E-state index in [0.29, 0.717) is 59.7 Å². The van der Waals surface area contributed by atoms with Gasteiger partial charge in [-0.25, -0.2) is 34.5 Å². The van der Waals surface area contributed by atoms with Gasteiger partial charge in [0.15, 0.2) is 17.0 Å². The third kappa shape index (κ3) is 13.3. The number of alkyl carbamates (subject to hydrolysis) is 1. The van der Waals surface area contributed by atoms with Gasteiger partial charge in [0.1, 0.15) is 29.8 Å². The number of imidazole rings is 1. The maximum Gasteiger partial charge on any atom is 0.407 e. The second-order valence-electron chi connectivity index (χ2n) is 16.1. The van der Waals surface area contributed by atoms with Crippen molar-refractivity contribution in [2.75, 3.05) is 42.3 Å². The minimum Gasteiger partial charge on any atom is -0.480 e. The number of fused-ring (bicyclic) bond motifs is 4. The topological polar surface area (TPSA) is 274 Å². The fourth-order valence-electron chi connectivity index (χ4n) is 6.91. The van der Waals surface area contributed by atoms with E-state index < -0.39 is 24.0 Å². The smallest absolute Gasteiger partial charge is 0.407 e. The fourth-order valence-corrected chi connectivity index (χ4v) is 8.64. The highest BCUT2D eigenvalue weighted by atomic mass is 33.1. The molecule has 0 bridgehead atoms. The quantitative estimate of drug-likeness (QED) is 0.0314. The van der Waals surface area contributed by atoms with Crippen LogP contribution in [0.2, 0.25) is 0 Å². The van der Waals surface area contributed by atoms with Gasteiger partial charge in [-0.15, -0.1) is 0 Å².